The Bertz CT molecular complexity index is 906. The smallest absolute Gasteiger partial charge is 0.341 e. The van der Waals surface area contributed by atoms with Gasteiger partial charge in [0.15, 0.2) is 0 Å². The molecular formula is C21H24N2O5S. The maximum absolute atomic E-state index is 12.8. The molecule has 1 aliphatic heterocycles. The summed E-state index contributed by atoms with van der Waals surface area (Å²) in [6.45, 7) is 4.27. The quantitative estimate of drug-likeness (QED) is 0.699. The molecule has 2 amide bonds. The number of rotatable bonds is 7. The van der Waals surface area contributed by atoms with Gasteiger partial charge in [0.25, 0.3) is 0 Å². The van der Waals surface area contributed by atoms with Crippen LogP contribution in [0.1, 0.15) is 35.5 Å². The summed E-state index contributed by atoms with van der Waals surface area (Å²) < 4.78 is 10.2. The number of nitrogens with zero attached hydrogens (tertiary/aromatic N) is 1. The van der Waals surface area contributed by atoms with Gasteiger partial charge in [0.1, 0.15) is 10.8 Å². The molecule has 3 rings (SSSR count). The number of anilines is 2. The van der Waals surface area contributed by atoms with E-state index < -0.39 is 11.9 Å². The van der Waals surface area contributed by atoms with Crippen LogP contribution in [-0.4, -0.2) is 38.0 Å². The van der Waals surface area contributed by atoms with E-state index in [4.69, 9.17) is 9.47 Å². The van der Waals surface area contributed by atoms with Gasteiger partial charge in [-0.3, -0.25) is 9.59 Å². The first-order valence-corrected chi connectivity index (χ1v) is 10.3. The number of esters is 1. The number of hydrogen-bond acceptors (Lipinski definition) is 6. The number of aryl methyl sites for hydroxylation is 1. The Morgan fingerprint density at radius 2 is 1.97 bits per heavy atom. The standard InChI is InChI=1S/C21H24N2O5S/c1-4-16-11-17(21(26)28-5-2)20(29-16)22-19(25)13-10-18(24)23(12-13)14-6-8-15(27-3)9-7-14/h6-9,11,13H,4-5,10,12H2,1-3H3,(H,22,25). The van der Waals surface area contributed by atoms with Gasteiger partial charge in [-0.05, 0) is 43.7 Å². The number of ether oxygens (including phenoxy) is 2. The number of carbonyl (C=O) groups is 3. The zero-order valence-corrected chi connectivity index (χ0v) is 17.5. The van der Waals surface area contributed by atoms with E-state index in [-0.39, 0.29) is 31.4 Å². The second-order valence-electron chi connectivity index (χ2n) is 6.62. The van der Waals surface area contributed by atoms with Crippen LogP contribution in [-0.2, 0) is 20.7 Å². The highest BCUT2D eigenvalue weighted by molar-refractivity contribution is 7.16. The largest absolute Gasteiger partial charge is 0.497 e. The molecule has 29 heavy (non-hydrogen) atoms. The van der Waals surface area contributed by atoms with Crippen LogP contribution in [0.4, 0.5) is 10.7 Å². The Morgan fingerprint density at radius 1 is 1.24 bits per heavy atom. The molecular weight excluding hydrogens is 392 g/mol. The molecule has 0 saturated carbocycles. The molecule has 1 aromatic heterocycles. The minimum atomic E-state index is -0.494. The highest BCUT2D eigenvalue weighted by Gasteiger charge is 2.35. The van der Waals surface area contributed by atoms with E-state index in [1.54, 1.807) is 49.3 Å². The summed E-state index contributed by atoms with van der Waals surface area (Å²) in [5.74, 6) is -0.635. The maximum atomic E-state index is 12.8. The third-order valence-corrected chi connectivity index (χ3v) is 5.94. The first-order valence-electron chi connectivity index (χ1n) is 9.51. The molecule has 1 unspecified atom stereocenters. The molecule has 1 fully saturated rings. The van der Waals surface area contributed by atoms with Gasteiger partial charge < -0.3 is 19.7 Å². The molecule has 2 aromatic rings. The molecule has 1 saturated heterocycles. The third kappa shape index (κ3) is 4.59. The van der Waals surface area contributed by atoms with Crippen LogP contribution in [0.15, 0.2) is 30.3 Å². The summed E-state index contributed by atoms with van der Waals surface area (Å²) in [6, 6.07) is 8.90. The zero-order valence-electron chi connectivity index (χ0n) is 16.7. The second kappa shape index (κ2) is 9.09. The van der Waals surface area contributed by atoms with Gasteiger partial charge in [0.2, 0.25) is 11.8 Å². The fraction of sp³-hybridized carbons (Fsp3) is 0.381. The van der Waals surface area contributed by atoms with Crippen LogP contribution < -0.4 is 15.0 Å². The number of nitrogens with one attached hydrogen (secondary N) is 1. The zero-order chi connectivity index (χ0) is 21.0. The van der Waals surface area contributed by atoms with Crippen LogP contribution in [0.3, 0.4) is 0 Å². The summed E-state index contributed by atoms with van der Waals surface area (Å²) >= 11 is 1.36. The molecule has 1 atom stereocenters. The molecule has 1 aliphatic rings. The summed E-state index contributed by atoms with van der Waals surface area (Å²) in [7, 11) is 1.58. The Hall–Kier alpha value is -2.87. The van der Waals surface area contributed by atoms with Crippen molar-refractivity contribution in [3.63, 3.8) is 0 Å². The minimum absolute atomic E-state index is 0.110. The SMILES string of the molecule is CCOC(=O)c1cc(CC)sc1NC(=O)C1CC(=O)N(c2ccc(OC)cc2)C1. The molecule has 0 spiro atoms. The van der Waals surface area contributed by atoms with Gasteiger partial charge in [-0.25, -0.2) is 4.79 Å². The van der Waals surface area contributed by atoms with Crippen molar-refractivity contribution < 1.29 is 23.9 Å². The predicted octanol–water partition coefficient (Wildman–Crippen LogP) is 3.49. The number of methoxy groups -OCH3 is 1. The summed E-state index contributed by atoms with van der Waals surface area (Å²) in [5, 5.41) is 3.31. The van der Waals surface area contributed by atoms with E-state index in [1.807, 2.05) is 6.92 Å². The van der Waals surface area contributed by atoms with Crippen molar-refractivity contribution in [3.05, 3.63) is 40.8 Å². The first kappa shape index (κ1) is 20.9. The number of amides is 2. The van der Waals surface area contributed by atoms with Crippen LogP contribution >= 0.6 is 11.3 Å². The van der Waals surface area contributed by atoms with E-state index >= 15 is 0 Å². The lowest BCUT2D eigenvalue weighted by molar-refractivity contribution is -0.122. The predicted molar refractivity (Wildman–Crippen MR) is 112 cm³/mol. The summed E-state index contributed by atoms with van der Waals surface area (Å²) in [4.78, 5) is 40.0. The Labute approximate surface area is 173 Å². The van der Waals surface area contributed by atoms with Gasteiger partial charge in [-0.2, -0.15) is 0 Å². The first-order chi connectivity index (χ1) is 14.0. The number of hydrogen-bond donors (Lipinski definition) is 1. The van der Waals surface area contributed by atoms with Crippen molar-refractivity contribution in [2.45, 2.75) is 26.7 Å². The summed E-state index contributed by atoms with van der Waals surface area (Å²) in [5.41, 5.74) is 1.08. The maximum Gasteiger partial charge on any atom is 0.341 e. The molecule has 1 aromatic carbocycles. The molecule has 0 bridgehead atoms. The Kier molecular flexibility index (Phi) is 6.53. The van der Waals surface area contributed by atoms with Crippen molar-refractivity contribution in [1.82, 2.24) is 0 Å². The molecule has 1 N–H and O–H groups in total. The van der Waals surface area contributed by atoms with Crippen LogP contribution in [0.2, 0.25) is 0 Å². The van der Waals surface area contributed by atoms with Crippen LogP contribution in [0.5, 0.6) is 5.75 Å². The summed E-state index contributed by atoms with van der Waals surface area (Å²) in [6.07, 6.45) is 0.874. The highest BCUT2D eigenvalue weighted by Crippen LogP contribution is 2.32. The molecule has 8 heteroatoms. The van der Waals surface area contributed by atoms with Crippen LogP contribution in [0.25, 0.3) is 0 Å². The van der Waals surface area contributed by atoms with Crippen molar-refractivity contribution in [2.24, 2.45) is 5.92 Å². The van der Waals surface area contributed by atoms with Gasteiger partial charge in [0, 0.05) is 23.5 Å². The highest BCUT2D eigenvalue weighted by atomic mass is 32.1. The van der Waals surface area contributed by atoms with Gasteiger partial charge in [0.05, 0.1) is 25.2 Å². The lowest BCUT2D eigenvalue weighted by atomic mass is 10.1. The monoisotopic (exact) mass is 416 g/mol. The van der Waals surface area contributed by atoms with E-state index in [0.717, 1.165) is 17.0 Å². The van der Waals surface area contributed by atoms with Gasteiger partial charge >= 0.3 is 5.97 Å². The topological polar surface area (TPSA) is 84.9 Å². The third-order valence-electron chi connectivity index (χ3n) is 4.74. The van der Waals surface area contributed by atoms with E-state index in [2.05, 4.69) is 5.32 Å². The molecule has 0 radical (unpaired) electrons. The Balaban J connectivity index is 1.72. The van der Waals surface area contributed by atoms with E-state index in [9.17, 15) is 14.4 Å². The molecule has 0 aliphatic carbocycles. The molecule has 154 valence electrons. The second-order valence-corrected chi connectivity index (χ2v) is 7.76. The average Bonchev–Trinajstić information content (AvgIpc) is 3.31. The van der Waals surface area contributed by atoms with Gasteiger partial charge in [-0.1, -0.05) is 6.92 Å². The molecule has 2 heterocycles. The molecule has 7 nitrogen and oxygen atoms in total. The minimum Gasteiger partial charge on any atom is -0.497 e. The fourth-order valence-electron chi connectivity index (χ4n) is 3.18. The average molecular weight is 416 g/mol. The lowest BCUT2D eigenvalue weighted by Gasteiger charge is -2.17. The number of thiophene rings is 1. The van der Waals surface area contributed by atoms with Crippen molar-refractivity contribution >= 4 is 39.8 Å². The van der Waals surface area contributed by atoms with E-state index in [0.29, 0.717) is 16.3 Å². The van der Waals surface area contributed by atoms with Gasteiger partial charge in [-0.15, -0.1) is 11.3 Å². The fourth-order valence-corrected chi connectivity index (χ4v) is 4.17. The number of benzene rings is 1. The normalized spacial score (nSPS) is 16.0. The van der Waals surface area contributed by atoms with Crippen LogP contribution in [0, 0.1) is 5.92 Å². The van der Waals surface area contributed by atoms with Crippen molar-refractivity contribution in [3.8, 4) is 5.75 Å². The van der Waals surface area contributed by atoms with Crippen molar-refractivity contribution in [2.75, 3.05) is 30.5 Å². The van der Waals surface area contributed by atoms with E-state index in [1.165, 1.54) is 11.3 Å². The lowest BCUT2D eigenvalue weighted by Crippen LogP contribution is -2.28. The number of carbonyl (C=O) groups excluding carboxylic acids is 3. The Morgan fingerprint density at radius 3 is 2.59 bits per heavy atom. The van der Waals surface area contributed by atoms with Crippen molar-refractivity contribution in [1.29, 1.82) is 0 Å².